The lowest BCUT2D eigenvalue weighted by molar-refractivity contribution is 0.510. The van der Waals surface area contributed by atoms with Crippen molar-refractivity contribution in [3.8, 4) is 0 Å². The highest BCUT2D eigenvalue weighted by Crippen LogP contribution is 2.26. The predicted molar refractivity (Wildman–Crippen MR) is 85.0 cm³/mol. The molecular weight excluding hydrogens is 261 g/mol. The van der Waals surface area contributed by atoms with Gasteiger partial charge in [0.1, 0.15) is 5.82 Å². The van der Waals surface area contributed by atoms with Crippen molar-refractivity contribution in [2.45, 2.75) is 38.6 Å². The average Bonchev–Trinajstić information content (AvgIpc) is 2.95. The van der Waals surface area contributed by atoms with Gasteiger partial charge in [-0.2, -0.15) is 0 Å². The number of hydrogen-bond acceptors (Lipinski definition) is 1. The van der Waals surface area contributed by atoms with Crippen LogP contribution >= 0.6 is 0 Å². The SMILES string of the molecule is CCNC(Cc1ccc2c(c1)CCC2)c1ccccc1F. The molecule has 1 atom stereocenters. The maximum Gasteiger partial charge on any atom is 0.127 e. The van der Waals surface area contributed by atoms with Crippen LogP contribution in [0.25, 0.3) is 0 Å². The Hall–Kier alpha value is -1.67. The lowest BCUT2D eigenvalue weighted by atomic mass is 9.96. The average molecular weight is 283 g/mol. The Bertz CT molecular complexity index is 621. The number of fused-ring (bicyclic) bond motifs is 1. The van der Waals surface area contributed by atoms with Gasteiger partial charge in [0.2, 0.25) is 0 Å². The molecule has 21 heavy (non-hydrogen) atoms. The number of benzene rings is 2. The summed E-state index contributed by atoms with van der Waals surface area (Å²) >= 11 is 0. The van der Waals surface area contributed by atoms with Crippen molar-refractivity contribution in [2.75, 3.05) is 6.54 Å². The summed E-state index contributed by atoms with van der Waals surface area (Å²) in [5.41, 5.74) is 5.03. The van der Waals surface area contributed by atoms with Crippen LogP contribution in [0.5, 0.6) is 0 Å². The summed E-state index contributed by atoms with van der Waals surface area (Å²) in [6.07, 6.45) is 4.50. The van der Waals surface area contributed by atoms with E-state index in [1.807, 2.05) is 12.1 Å². The summed E-state index contributed by atoms with van der Waals surface area (Å²) < 4.78 is 14.0. The maximum atomic E-state index is 14.0. The molecule has 0 fully saturated rings. The van der Waals surface area contributed by atoms with Crippen LogP contribution in [0, 0.1) is 5.82 Å². The van der Waals surface area contributed by atoms with Gasteiger partial charge < -0.3 is 5.32 Å². The minimum Gasteiger partial charge on any atom is -0.310 e. The zero-order valence-corrected chi connectivity index (χ0v) is 12.5. The van der Waals surface area contributed by atoms with Crippen LogP contribution in [0.2, 0.25) is 0 Å². The molecule has 110 valence electrons. The molecule has 0 heterocycles. The van der Waals surface area contributed by atoms with Crippen molar-refractivity contribution in [2.24, 2.45) is 0 Å². The highest BCUT2D eigenvalue weighted by molar-refractivity contribution is 5.36. The molecule has 0 aliphatic heterocycles. The Morgan fingerprint density at radius 1 is 1.10 bits per heavy atom. The van der Waals surface area contributed by atoms with Gasteiger partial charge in [-0.15, -0.1) is 0 Å². The van der Waals surface area contributed by atoms with E-state index in [9.17, 15) is 4.39 Å². The number of nitrogens with one attached hydrogen (secondary N) is 1. The van der Waals surface area contributed by atoms with E-state index in [4.69, 9.17) is 0 Å². The molecule has 1 N–H and O–H groups in total. The number of halogens is 1. The second-order valence-corrected chi connectivity index (χ2v) is 5.79. The van der Waals surface area contributed by atoms with Gasteiger partial charge in [-0.05, 0) is 55.0 Å². The summed E-state index contributed by atoms with van der Waals surface area (Å²) in [5, 5.41) is 3.42. The summed E-state index contributed by atoms with van der Waals surface area (Å²) in [6, 6.07) is 13.9. The molecule has 0 bridgehead atoms. The topological polar surface area (TPSA) is 12.0 Å². The molecule has 0 radical (unpaired) electrons. The Morgan fingerprint density at radius 3 is 2.71 bits per heavy atom. The van der Waals surface area contributed by atoms with Crippen molar-refractivity contribution in [3.05, 3.63) is 70.5 Å². The molecule has 1 aliphatic rings. The molecule has 3 rings (SSSR count). The van der Waals surface area contributed by atoms with E-state index in [0.29, 0.717) is 0 Å². The summed E-state index contributed by atoms with van der Waals surface area (Å²) in [5.74, 6) is -0.121. The van der Waals surface area contributed by atoms with Gasteiger partial charge in [-0.3, -0.25) is 0 Å². The number of likely N-dealkylation sites (N-methyl/N-ethyl adjacent to an activating group) is 1. The van der Waals surface area contributed by atoms with E-state index < -0.39 is 0 Å². The first-order valence-corrected chi connectivity index (χ1v) is 7.86. The van der Waals surface area contributed by atoms with Crippen LogP contribution in [-0.4, -0.2) is 6.54 Å². The second-order valence-electron chi connectivity index (χ2n) is 5.79. The van der Waals surface area contributed by atoms with E-state index in [0.717, 1.165) is 18.5 Å². The van der Waals surface area contributed by atoms with Crippen LogP contribution in [0.3, 0.4) is 0 Å². The third-order valence-corrected chi connectivity index (χ3v) is 4.33. The molecule has 2 aromatic rings. The molecule has 2 aromatic carbocycles. The Morgan fingerprint density at radius 2 is 1.90 bits per heavy atom. The third kappa shape index (κ3) is 3.16. The lowest BCUT2D eigenvalue weighted by Crippen LogP contribution is -2.24. The van der Waals surface area contributed by atoms with Gasteiger partial charge >= 0.3 is 0 Å². The summed E-state index contributed by atoms with van der Waals surface area (Å²) in [7, 11) is 0. The van der Waals surface area contributed by atoms with Crippen LogP contribution in [0.1, 0.15) is 41.6 Å². The second kappa shape index (κ2) is 6.40. The minimum atomic E-state index is -0.121. The zero-order chi connectivity index (χ0) is 14.7. The maximum absolute atomic E-state index is 14.0. The molecule has 0 amide bonds. The fourth-order valence-corrected chi connectivity index (χ4v) is 3.28. The number of aryl methyl sites for hydroxylation is 2. The van der Waals surface area contributed by atoms with Gasteiger partial charge in [0.15, 0.2) is 0 Å². The van der Waals surface area contributed by atoms with E-state index in [-0.39, 0.29) is 11.9 Å². The first-order chi connectivity index (χ1) is 10.3. The monoisotopic (exact) mass is 283 g/mol. The van der Waals surface area contributed by atoms with Crippen LogP contribution < -0.4 is 5.32 Å². The van der Waals surface area contributed by atoms with Crippen molar-refractivity contribution >= 4 is 0 Å². The molecular formula is C19H22FN. The molecule has 0 aromatic heterocycles. The highest BCUT2D eigenvalue weighted by atomic mass is 19.1. The molecule has 0 saturated carbocycles. The minimum absolute atomic E-state index is 0.0376. The van der Waals surface area contributed by atoms with E-state index >= 15 is 0 Å². The molecule has 2 heteroatoms. The third-order valence-electron chi connectivity index (χ3n) is 4.33. The molecule has 1 nitrogen and oxygen atoms in total. The standard InChI is InChI=1S/C19H22FN/c1-2-21-19(17-8-3-4-9-18(17)20)13-14-10-11-15-6-5-7-16(15)12-14/h3-4,8-12,19,21H,2,5-7,13H2,1H3. The highest BCUT2D eigenvalue weighted by Gasteiger charge is 2.17. The van der Waals surface area contributed by atoms with Gasteiger partial charge in [0, 0.05) is 11.6 Å². The van der Waals surface area contributed by atoms with Gasteiger partial charge in [-0.25, -0.2) is 4.39 Å². The van der Waals surface area contributed by atoms with Crippen LogP contribution in [0.4, 0.5) is 4.39 Å². The summed E-state index contributed by atoms with van der Waals surface area (Å²) in [6.45, 7) is 2.90. The van der Waals surface area contributed by atoms with E-state index in [1.165, 1.54) is 36.0 Å². The molecule has 0 spiro atoms. The smallest absolute Gasteiger partial charge is 0.127 e. The van der Waals surface area contributed by atoms with E-state index in [1.54, 1.807) is 12.1 Å². The van der Waals surface area contributed by atoms with Crippen LogP contribution in [-0.2, 0) is 19.3 Å². The predicted octanol–water partition coefficient (Wildman–Crippen LogP) is 4.21. The molecule has 1 unspecified atom stereocenters. The normalized spacial score (nSPS) is 15.0. The zero-order valence-electron chi connectivity index (χ0n) is 12.5. The lowest BCUT2D eigenvalue weighted by Gasteiger charge is -2.19. The fourth-order valence-electron chi connectivity index (χ4n) is 3.28. The number of rotatable bonds is 5. The van der Waals surface area contributed by atoms with Gasteiger partial charge in [0.05, 0.1) is 0 Å². The van der Waals surface area contributed by atoms with Crippen molar-refractivity contribution < 1.29 is 4.39 Å². The van der Waals surface area contributed by atoms with Crippen molar-refractivity contribution in [3.63, 3.8) is 0 Å². The van der Waals surface area contributed by atoms with Crippen molar-refractivity contribution in [1.82, 2.24) is 5.32 Å². The Balaban J connectivity index is 1.84. The summed E-state index contributed by atoms with van der Waals surface area (Å²) in [4.78, 5) is 0. The Labute approximate surface area is 126 Å². The Kier molecular flexibility index (Phi) is 4.35. The van der Waals surface area contributed by atoms with Crippen LogP contribution in [0.15, 0.2) is 42.5 Å². The molecule has 1 aliphatic carbocycles. The fraction of sp³-hybridized carbons (Fsp3) is 0.368. The first kappa shape index (κ1) is 14.3. The van der Waals surface area contributed by atoms with Gasteiger partial charge in [0.25, 0.3) is 0 Å². The number of hydrogen-bond donors (Lipinski definition) is 1. The molecule has 0 saturated heterocycles. The van der Waals surface area contributed by atoms with Crippen molar-refractivity contribution in [1.29, 1.82) is 0 Å². The first-order valence-electron chi connectivity index (χ1n) is 7.86. The quantitative estimate of drug-likeness (QED) is 0.867. The largest absolute Gasteiger partial charge is 0.310 e. The van der Waals surface area contributed by atoms with Gasteiger partial charge in [-0.1, -0.05) is 43.3 Å². The van der Waals surface area contributed by atoms with E-state index in [2.05, 4.69) is 30.4 Å².